The lowest BCUT2D eigenvalue weighted by molar-refractivity contribution is -0.111. The monoisotopic (exact) mass is 444 g/mol. The van der Waals surface area contributed by atoms with E-state index < -0.39 is 0 Å². The molecule has 2 aromatic carbocycles. The number of carbonyl (C=O) groups is 3. The Labute approximate surface area is 190 Å². The molecule has 3 N–H and O–H groups in total. The van der Waals surface area contributed by atoms with Crippen molar-refractivity contribution < 1.29 is 14.4 Å². The molecule has 0 spiro atoms. The van der Waals surface area contributed by atoms with Crippen LogP contribution in [0, 0.1) is 0 Å². The summed E-state index contributed by atoms with van der Waals surface area (Å²) >= 11 is 0. The molecule has 3 aromatic rings. The first kappa shape index (κ1) is 21.9. The Hall–Kier alpha value is -4.27. The maximum Gasteiger partial charge on any atom is 0.253 e. The largest absolute Gasteiger partial charge is 0.355 e. The molecule has 0 radical (unpaired) electrons. The lowest BCUT2D eigenvalue weighted by atomic mass is 10.1. The second-order valence-electron chi connectivity index (χ2n) is 7.70. The van der Waals surface area contributed by atoms with Crippen LogP contribution in [0.25, 0.3) is 10.9 Å². The van der Waals surface area contributed by atoms with Gasteiger partial charge in [-0.15, -0.1) is 0 Å². The van der Waals surface area contributed by atoms with E-state index in [2.05, 4.69) is 32.5 Å². The summed E-state index contributed by atoms with van der Waals surface area (Å²) in [6.45, 7) is 4.55. The van der Waals surface area contributed by atoms with E-state index in [1.165, 1.54) is 6.08 Å². The van der Waals surface area contributed by atoms with E-state index in [-0.39, 0.29) is 23.8 Å². The molecule has 9 heteroatoms. The molecule has 0 bridgehead atoms. The van der Waals surface area contributed by atoms with E-state index in [1.54, 1.807) is 54.5 Å². The molecule has 1 saturated heterocycles. The topological polar surface area (TPSA) is 116 Å². The summed E-state index contributed by atoms with van der Waals surface area (Å²) < 4.78 is 0. The number of carbonyl (C=O) groups excluding carboxylic acids is 3. The van der Waals surface area contributed by atoms with Gasteiger partial charge in [-0.2, -0.15) is 0 Å². The fraction of sp³-hybridized carbons (Fsp3) is 0.208. The Morgan fingerprint density at radius 3 is 2.61 bits per heavy atom. The summed E-state index contributed by atoms with van der Waals surface area (Å²) in [4.78, 5) is 46.8. The highest BCUT2D eigenvalue weighted by Gasteiger charge is 2.27. The molecule has 0 aliphatic carbocycles. The fourth-order valence-corrected chi connectivity index (χ4v) is 3.70. The van der Waals surface area contributed by atoms with Crippen LogP contribution in [-0.4, -0.2) is 58.8 Å². The van der Waals surface area contributed by atoms with E-state index in [1.807, 2.05) is 6.07 Å². The minimum absolute atomic E-state index is 0.0136. The number of amides is 3. The highest BCUT2D eigenvalue weighted by atomic mass is 16.2. The van der Waals surface area contributed by atoms with Crippen LogP contribution in [0.2, 0.25) is 0 Å². The van der Waals surface area contributed by atoms with Crippen molar-refractivity contribution in [3.05, 3.63) is 72.4 Å². The first-order chi connectivity index (χ1) is 16.0. The van der Waals surface area contributed by atoms with Crippen molar-refractivity contribution in [3.63, 3.8) is 0 Å². The van der Waals surface area contributed by atoms with Gasteiger partial charge in [0.05, 0.1) is 5.52 Å². The summed E-state index contributed by atoms with van der Waals surface area (Å²) in [6.07, 6.45) is 3.66. The first-order valence-corrected chi connectivity index (χ1v) is 10.5. The van der Waals surface area contributed by atoms with Crippen LogP contribution < -0.4 is 16.0 Å². The van der Waals surface area contributed by atoms with Gasteiger partial charge in [0.1, 0.15) is 0 Å². The zero-order valence-electron chi connectivity index (χ0n) is 18.2. The van der Waals surface area contributed by atoms with Crippen LogP contribution in [0.3, 0.4) is 0 Å². The number of hydrogen-bond acceptors (Lipinski definition) is 6. The van der Waals surface area contributed by atoms with E-state index in [0.29, 0.717) is 41.4 Å². The second-order valence-corrected chi connectivity index (χ2v) is 7.70. The molecule has 1 aliphatic heterocycles. The van der Waals surface area contributed by atoms with Crippen molar-refractivity contribution in [2.75, 3.05) is 30.8 Å². The first-order valence-electron chi connectivity index (χ1n) is 10.5. The quantitative estimate of drug-likeness (QED) is 0.503. The van der Waals surface area contributed by atoms with Crippen molar-refractivity contribution >= 4 is 40.3 Å². The molecule has 2 heterocycles. The van der Waals surface area contributed by atoms with Gasteiger partial charge in [0.25, 0.3) is 11.8 Å². The summed E-state index contributed by atoms with van der Waals surface area (Å²) in [5.41, 5.74) is 2.35. The van der Waals surface area contributed by atoms with Crippen molar-refractivity contribution in [2.24, 2.45) is 0 Å². The van der Waals surface area contributed by atoms with E-state index in [0.717, 1.165) is 11.8 Å². The van der Waals surface area contributed by atoms with Gasteiger partial charge in [0.2, 0.25) is 11.9 Å². The Bertz CT molecular complexity index is 1220. The molecule has 33 heavy (non-hydrogen) atoms. The lowest BCUT2D eigenvalue weighted by Gasteiger charge is -2.17. The predicted octanol–water partition coefficient (Wildman–Crippen LogP) is 2.44. The number of hydrogen-bond donors (Lipinski definition) is 3. The Balaban J connectivity index is 1.40. The third-order valence-electron chi connectivity index (χ3n) is 5.47. The number of fused-ring (bicyclic) bond motifs is 1. The average Bonchev–Trinajstić information content (AvgIpc) is 3.31. The average molecular weight is 444 g/mol. The van der Waals surface area contributed by atoms with Crippen LogP contribution in [0.1, 0.15) is 27.1 Å². The van der Waals surface area contributed by atoms with Gasteiger partial charge in [-0.05, 0) is 48.9 Å². The number of rotatable bonds is 6. The molecule has 3 amide bonds. The van der Waals surface area contributed by atoms with Gasteiger partial charge in [0, 0.05) is 54.6 Å². The number of nitrogens with one attached hydrogen (secondary N) is 3. The third-order valence-corrected chi connectivity index (χ3v) is 5.47. The lowest BCUT2D eigenvalue weighted by Crippen LogP contribution is -2.31. The van der Waals surface area contributed by atoms with Gasteiger partial charge in [-0.25, -0.2) is 9.97 Å². The fourth-order valence-electron chi connectivity index (χ4n) is 3.70. The van der Waals surface area contributed by atoms with Crippen LogP contribution in [0.5, 0.6) is 0 Å². The van der Waals surface area contributed by atoms with E-state index >= 15 is 0 Å². The summed E-state index contributed by atoms with van der Waals surface area (Å²) in [6, 6.07) is 12.1. The number of aromatic nitrogens is 2. The molecule has 1 aliphatic rings. The van der Waals surface area contributed by atoms with E-state index in [9.17, 15) is 14.4 Å². The van der Waals surface area contributed by atoms with Crippen LogP contribution in [-0.2, 0) is 4.79 Å². The summed E-state index contributed by atoms with van der Waals surface area (Å²) in [7, 11) is 1.59. The molecule has 0 unspecified atom stereocenters. The van der Waals surface area contributed by atoms with Gasteiger partial charge < -0.3 is 20.9 Å². The minimum Gasteiger partial charge on any atom is -0.355 e. The van der Waals surface area contributed by atoms with Gasteiger partial charge in [0.15, 0.2) is 0 Å². The van der Waals surface area contributed by atoms with Crippen LogP contribution in [0.4, 0.5) is 11.6 Å². The predicted molar refractivity (Wildman–Crippen MR) is 126 cm³/mol. The summed E-state index contributed by atoms with van der Waals surface area (Å²) in [5, 5.41) is 9.40. The van der Waals surface area contributed by atoms with Crippen molar-refractivity contribution in [1.82, 2.24) is 20.2 Å². The molecular weight excluding hydrogens is 420 g/mol. The molecule has 1 aromatic heterocycles. The number of nitrogens with zero attached hydrogens (tertiary/aromatic N) is 3. The van der Waals surface area contributed by atoms with E-state index in [4.69, 9.17) is 0 Å². The number of benzene rings is 2. The van der Waals surface area contributed by atoms with Gasteiger partial charge >= 0.3 is 0 Å². The zero-order chi connectivity index (χ0) is 23.4. The number of likely N-dealkylation sites (tertiary alicyclic amines) is 1. The van der Waals surface area contributed by atoms with Crippen LogP contribution in [0.15, 0.2) is 61.3 Å². The molecule has 0 saturated carbocycles. The molecule has 4 rings (SSSR count). The van der Waals surface area contributed by atoms with Gasteiger partial charge in [-0.1, -0.05) is 12.6 Å². The van der Waals surface area contributed by atoms with Gasteiger partial charge in [-0.3, -0.25) is 14.4 Å². The Morgan fingerprint density at radius 2 is 1.88 bits per heavy atom. The highest BCUT2D eigenvalue weighted by Crippen LogP contribution is 2.20. The highest BCUT2D eigenvalue weighted by molar-refractivity contribution is 6.00. The molecule has 1 fully saturated rings. The summed E-state index contributed by atoms with van der Waals surface area (Å²) in [5.74, 6) is -0.0944. The Kier molecular flexibility index (Phi) is 6.30. The molecule has 1 atom stereocenters. The molecule has 9 nitrogen and oxygen atoms in total. The SMILES string of the molecule is C=CC(=O)Nc1ccc(C(=O)N2CC[C@@H](Nc3ncc4ccc(C(=O)NC)cc4n3)C2)cc1. The van der Waals surface area contributed by atoms with Crippen LogP contribution >= 0.6 is 0 Å². The standard InChI is InChI=1S/C24H24N6O3/c1-3-21(31)27-18-8-6-15(7-9-18)23(33)30-11-10-19(14-30)28-24-26-13-17-5-4-16(22(32)25-2)12-20(17)29-24/h3-9,12-13,19H,1,10-11,14H2,2H3,(H,25,32)(H,27,31)(H,26,28,29)/t19-/m1/s1. The van der Waals surface area contributed by atoms with Crippen molar-refractivity contribution in [2.45, 2.75) is 12.5 Å². The second kappa shape index (κ2) is 9.47. The smallest absolute Gasteiger partial charge is 0.253 e. The Morgan fingerprint density at radius 1 is 1.12 bits per heavy atom. The maximum absolute atomic E-state index is 12.9. The maximum atomic E-state index is 12.9. The molecule has 168 valence electrons. The molecular formula is C24H24N6O3. The van der Waals surface area contributed by atoms with Crippen molar-refractivity contribution in [1.29, 1.82) is 0 Å². The third kappa shape index (κ3) is 4.98. The normalized spacial score (nSPS) is 15.2. The minimum atomic E-state index is -0.303. The van der Waals surface area contributed by atoms with Crippen molar-refractivity contribution in [3.8, 4) is 0 Å². The number of anilines is 2. The zero-order valence-corrected chi connectivity index (χ0v) is 18.2.